The number of rotatable bonds is 3. The highest BCUT2D eigenvalue weighted by molar-refractivity contribution is 14.1. The number of hydrogen-bond donors (Lipinski definition) is 0. The summed E-state index contributed by atoms with van der Waals surface area (Å²) >= 11 is 2.12. The quantitative estimate of drug-likeness (QED) is 0.613. The van der Waals surface area contributed by atoms with Gasteiger partial charge in [-0.1, -0.05) is 12.1 Å². The Hall–Kier alpha value is -2.02. The molecule has 0 unspecified atom stereocenters. The molecule has 1 aromatic heterocycles. The smallest absolute Gasteiger partial charge is 0.201 e. The molecule has 22 heavy (non-hydrogen) atoms. The van der Waals surface area contributed by atoms with Gasteiger partial charge in [0, 0.05) is 9.64 Å². The van der Waals surface area contributed by atoms with Crippen LogP contribution in [0.2, 0.25) is 0 Å². The SMILES string of the molecule is COc1ccc(-c2coc3cc(OC)cc(I)c3c2=O)cc1. The van der Waals surface area contributed by atoms with E-state index in [1.54, 1.807) is 20.3 Å². The van der Waals surface area contributed by atoms with Crippen molar-refractivity contribution in [3.8, 4) is 22.6 Å². The third-order valence-corrected chi connectivity index (χ3v) is 4.29. The van der Waals surface area contributed by atoms with Gasteiger partial charge in [-0.3, -0.25) is 4.79 Å². The largest absolute Gasteiger partial charge is 0.497 e. The zero-order chi connectivity index (χ0) is 15.7. The molecule has 0 bridgehead atoms. The standard InChI is InChI=1S/C17H13IO4/c1-20-11-5-3-10(4-6-11)13-9-22-15-8-12(21-2)7-14(18)16(15)17(13)19/h3-9H,1-2H3. The van der Waals surface area contributed by atoms with Crippen LogP contribution in [-0.4, -0.2) is 14.2 Å². The topological polar surface area (TPSA) is 48.7 Å². The van der Waals surface area contributed by atoms with Gasteiger partial charge in [0.1, 0.15) is 23.3 Å². The lowest BCUT2D eigenvalue weighted by Crippen LogP contribution is -2.06. The van der Waals surface area contributed by atoms with Crippen LogP contribution in [0.25, 0.3) is 22.1 Å². The van der Waals surface area contributed by atoms with Crippen molar-refractivity contribution in [3.63, 3.8) is 0 Å². The number of fused-ring (bicyclic) bond motifs is 1. The molecular formula is C17H13IO4. The Kier molecular flexibility index (Phi) is 4.06. The summed E-state index contributed by atoms with van der Waals surface area (Å²) in [5, 5.41) is 0.565. The highest BCUT2D eigenvalue weighted by Crippen LogP contribution is 2.27. The van der Waals surface area contributed by atoms with Crippen LogP contribution >= 0.6 is 22.6 Å². The number of hydrogen-bond acceptors (Lipinski definition) is 4. The fourth-order valence-electron chi connectivity index (χ4n) is 2.27. The highest BCUT2D eigenvalue weighted by atomic mass is 127. The molecule has 0 spiro atoms. The van der Waals surface area contributed by atoms with E-state index in [0.29, 0.717) is 22.3 Å². The molecule has 0 radical (unpaired) electrons. The van der Waals surface area contributed by atoms with Crippen molar-refractivity contribution in [3.05, 3.63) is 56.5 Å². The Morgan fingerprint density at radius 1 is 1.00 bits per heavy atom. The predicted molar refractivity (Wildman–Crippen MR) is 93.7 cm³/mol. The van der Waals surface area contributed by atoms with Crippen molar-refractivity contribution in [1.82, 2.24) is 0 Å². The Balaban J connectivity index is 2.21. The Morgan fingerprint density at radius 2 is 1.68 bits per heavy atom. The first kappa shape index (κ1) is 14.9. The molecule has 0 aliphatic rings. The van der Waals surface area contributed by atoms with E-state index in [2.05, 4.69) is 22.6 Å². The van der Waals surface area contributed by atoms with Crippen molar-refractivity contribution >= 4 is 33.6 Å². The fourth-order valence-corrected chi connectivity index (χ4v) is 3.09. The van der Waals surface area contributed by atoms with Gasteiger partial charge in [-0.25, -0.2) is 0 Å². The molecule has 0 saturated heterocycles. The summed E-state index contributed by atoms with van der Waals surface area (Å²) in [5.41, 5.74) is 1.78. The molecule has 0 aliphatic heterocycles. The summed E-state index contributed by atoms with van der Waals surface area (Å²) in [7, 11) is 3.19. The summed E-state index contributed by atoms with van der Waals surface area (Å²) in [6.45, 7) is 0. The lowest BCUT2D eigenvalue weighted by atomic mass is 10.1. The molecule has 2 aromatic carbocycles. The summed E-state index contributed by atoms with van der Waals surface area (Å²) in [6.07, 6.45) is 1.49. The zero-order valence-electron chi connectivity index (χ0n) is 12.1. The van der Waals surface area contributed by atoms with Gasteiger partial charge < -0.3 is 13.9 Å². The van der Waals surface area contributed by atoms with Gasteiger partial charge in [0.2, 0.25) is 5.43 Å². The summed E-state index contributed by atoms with van der Waals surface area (Å²) in [5.74, 6) is 1.41. The van der Waals surface area contributed by atoms with Crippen molar-refractivity contribution in [2.75, 3.05) is 14.2 Å². The van der Waals surface area contributed by atoms with E-state index in [-0.39, 0.29) is 5.43 Å². The van der Waals surface area contributed by atoms with Gasteiger partial charge in [-0.15, -0.1) is 0 Å². The third kappa shape index (κ3) is 2.56. The molecule has 112 valence electrons. The molecular weight excluding hydrogens is 395 g/mol. The van der Waals surface area contributed by atoms with Crippen LogP contribution in [0, 0.1) is 3.57 Å². The van der Waals surface area contributed by atoms with Crippen LogP contribution in [0.4, 0.5) is 0 Å². The second-order valence-corrected chi connectivity index (χ2v) is 5.85. The molecule has 0 saturated carbocycles. The molecule has 0 fully saturated rings. The van der Waals surface area contributed by atoms with E-state index < -0.39 is 0 Å². The third-order valence-electron chi connectivity index (χ3n) is 3.44. The van der Waals surface area contributed by atoms with Crippen LogP contribution in [0.15, 0.2) is 51.9 Å². The van der Waals surface area contributed by atoms with Crippen LogP contribution < -0.4 is 14.9 Å². The minimum atomic E-state index is -0.0570. The van der Waals surface area contributed by atoms with Gasteiger partial charge in [0.15, 0.2) is 0 Å². The Bertz CT molecular complexity index is 882. The average molecular weight is 408 g/mol. The normalized spacial score (nSPS) is 10.7. The molecule has 0 aliphatic carbocycles. The monoisotopic (exact) mass is 408 g/mol. The maximum absolute atomic E-state index is 12.8. The molecule has 1 heterocycles. The molecule has 0 atom stereocenters. The van der Waals surface area contributed by atoms with Crippen LogP contribution in [0.5, 0.6) is 11.5 Å². The summed E-state index contributed by atoms with van der Waals surface area (Å²) in [4.78, 5) is 12.8. The zero-order valence-corrected chi connectivity index (χ0v) is 14.2. The van der Waals surface area contributed by atoms with E-state index >= 15 is 0 Å². The van der Waals surface area contributed by atoms with Gasteiger partial charge in [0.25, 0.3) is 0 Å². The molecule has 5 heteroatoms. The van der Waals surface area contributed by atoms with Crippen molar-refractivity contribution in [2.45, 2.75) is 0 Å². The first-order valence-electron chi connectivity index (χ1n) is 6.57. The van der Waals surface area contributed by atoms with Crippen molar-refractivity contribution in [2.24, 2.45) is 0 Å². The number of ether oxygens (including phenoxy) is 2. The van der Waals surface area contributed by atoms with Crippen LogP contribution in [0.1, 0.15) is 0 Å². The first-order chi connectivity index (χ1) is 10.6. The van der Waals surface area contributed by atoms with Gasteiger partial charge >= 0.3 is 0 Å². The number of benzene rings is 2. The van der Waals surface area contributed by atoms with E-state index in [9.17, 15) is 4.79 Å². The molecule has 4 nitrogen and oxygen atoms in total. The molecule has 3 aromatic rings. The summed E-state index contributed by atoms with van der Waals surface area (Å²) in [6, 6.07) is 10.9. The second-order valence-electron chi connectivity index (χ2n) is 4.69. The highest BCUT2D eigenvalue weighted by Gasteiger charge is 2.13. The van der Waals surface area contributed by atoms with E-state index in [1.807, 2.05) is 30.3 Å². The van der Waals surface area contributed by atoms with E-state index in [4.69, 9.17) is 13.9 Å². The second kappa shape index (κ2) is 6.00. The summed E-state index contributed by atoms with van der Waals surface area (Å²) < 4.78 is 16.8. The fraction of sp³-hybridized carbons (Fsp3) is 0.118. The van der Waals surface area contributed by atoms with Gasteiger partial charge in [-0.05, 0) is 46.4 Å². The van der Waals surface area contributed by atoms with Crippen LogP contribution in [0.3, 0.4) is 0 Å². The number of methoxy groups -OCH3 is 2. The maximum Gasteiger partial charge on any atom is 0.201 e. The lowest BCUT2D eigenvalue weighted by Gasteiger charge is -2.07. The Morgan fingerprint density at radius 3 is 2.32 bits per heavy atom. The predicted octanol–water partition coefficient (Wildman–Crippen LogP) is 4.08. The van der Waals surface area contributed by atoms with Gasteiger partial charge in [-0.2, -0.15) is 0 Å². The first-order valence-corrected chi connectivity index (χ1v) is 7.65. The van der Waals surface area contributed by atoms with Gasteiger partial charge in [0.05, 0.1) is 25.2 Å². The van der Waals surface area contributed by atoms with E-state index in [1.165, 1.54) is 6.26 Å². The molecule has 0 amide bonds. The van der Waals surface area contributed by atoms with Crippen molar-refractivity contribution in [1.29, 1.82) is 0 Å². The lowest BCUT2D eigenvalue weighted by molar-refractivity contribution is 0.414. The van der Waals surface area contributed by atoms with Crippen molar-refractivity contribution < 1.29 is 13.9 Å². The van der Waals surface area contributed by atoms with Crippen LogP contribution in [-0.2, 0) is 0 Å². The average Bonchev–Trinajstić information content (AvgIpc) is 2.55. The maximum atomic E-state index is 12.8. The molecule has 0 N–H and O–H groups in total. The minimum absolute atomic E-state index is 0.0570. The minimum Gasteiger partial charge on any atom is -0.497 e. The number of halogens is 1. The molecule has 3 rings (SSSR count). The Labute approximate surface area is 140 Å². The van der Waals surface area contributed by atoms with E-state index in [0.717, 1.165) is 14.9 Å².